The topological polar surface area (TPSA) is 111 Å². The average Bonchev–Trinajstić information content (AvgIpc) is 2.58. The molecule has 2 atom stereocenters. The van der Waals surface area contributed by atoms with E-state index in [1.54, 1.807) is 6.07 Å². The van der Waals surface area contributed by atoms with Gasteiger partial charge in [0.1, 0.15) is 17.9 Å². The molecular formula is C21H34FN3O4Si. The maximum absolute atomic E-state index is 13.5. The van der Waals surface area contributed by atoms with Gasteiger partial charge in [-0.1, -0.05) is 32.9 Å². The molecule has 0 saturated carbocycles. The zero-order valence-corrected chi connectivity index (χ0v) is 19.7. The van der Waals surface area contributed by atoms with Gasteiger partial charge in [0, 0.05) is 20.0 Å². The van der Waals surface area contributed by atoms with E-state index in [-0.39, 0.29) is 24.5 Å². The van der Waals surface area contributed by atoms with Crippen LogP contribution in [0.15, 0.2) is 24.3 Å². The van der Waals surface area contributed by atoms with Gasteiger partial charge >= 0.3 is 0 Å². The van der Waals surface area contributed by atoms with Crippen LogP contribution in [0.3, 0.4) is 0 Å². The molecule has 9 heteroatoms. The van der Waals surface area contributed by atoms with E-state index in [1.807, 2.05) is 0 Å². The van der Waals surface area contributed by atoms with Gasteiger partial charge in [-0.2, -0.15) is 0 Å². The van der Waals surface area contributed by atoms with Gasteiger partial charge in [-0.15, -0.1) is 0 Å². The number of benzene rings is 1. The highest BCUT2D eigenvalue weighted by atomic mass is 28.4. The lowest BCUT2D eigenvalue weighted by Crippen LogP contribution is -2.54. The molecule has 0 radical (unpaired) electrons. The summed E-state index contributed by atoms with van der Waals surface area (Å²) in [5, 5.41) is 5.15. The van der Waals surface area contributed by atoms with Crippen molar-refractivity contribution < 1.29 is 23.2 Å². The van der Waals surface area contributed by atoms with Gasteiger partial charge in [-0.25, -0.2) is 4.39 Å². The van der Waals surface area contributed by atoms with Gasteiger partial charge in [0.05, 0.1) is 0 Å². The summed E-state index contributed by atoms with van der Waals surface area (Å²) in [5.41, 5.74) is 6.00. The molecule has 0 fully saturated rings. The highest BCUT2D eigenvalue weighted by Gasteiger charge is 2.37. The lowest BCUT2D eigenvalue weighted by atomic mass is 10.0. The first-order valence-electron chi connectivity index (χ1n) is 9.98. The second kappa shape index (κ2) is 10.7. The summed E-state index contributed by atoms with van der Waals surface area (Å²) in [6, 6.07) is 3.86. The van der Waals surface area contributed by atoms with Gasteiger partial charge in [-0.05, 0) is 42.2 Å². The second-order valence-electron chi connectivity index (χ2n) is 8.95. The zero-order valence-electron chi connectivity index (χ0n) is 18.7. The highest BCUT2D eigenvalue weighted by molar-refractivity contribution is 6.74. The molecule has 0 aliphatic heterocycles. The van der Waals surface area contributed by atoms with Crippen molar-refractivity contribution in [1.82, 2.24) is 10.6 Å². The summed E-state index contributed by atoms with van der Waals surface area (Å²) >= 11 is 0. The Balaban J connectivity index is 2.81. The van der Waals surface area contributed by atoms with E-state index in [4.69, 9.17) is 10.2 Å². The van der Waals surface area contributed by atoms with Gasteiger partial charge < -0.3 is 20.8 Å². The molecule has 0 unspecified atom stereocenters. The summed E-state index contributed by atoms with van der Waals surface area (Å²) in [5.74, 6) is -2.10. The van der Waals surface area contributed by atoms with E-state index < -0.39 is 43.9 Å². The number of hydrogen-bond acceptors (Lipinski definition) is 4. The first-order chi connectivity index (χ1) is 13.7. The van der Waals surface area contributed by atoms with Crippen molar-refractivity contribution >= 4 is 26.0 Å². The molecule has 1 aromatic rings. The van der Waals surface area contributed by atoms with Crippen LogP contribution in [0.25, 0.3) is 0 Å². The van der Waals surface area contributed by atoms with Gasteiger partial charge in [0.25, 0.3) is 0 Å². The quantitative estimate of drug-likeness (QED) is 0.486. The fourth-order valence-electron chi connectivity index (χ4n) is 2.56. The lowest BCUT2D eigenvalue weighted by molar-refractivity contribution is -0.131. The van der Waals surface area contributed by atoms with E-state index >= 15 is 0 Å². The molecule has 7 nitrogen and oxygen atoms in total. The molecule has 1 aromatic carbocycles. The molecule has 0 saturated heterocycles. The minimum absolute atomic E-state index is 0.0138. The highest BCUT2D eigenvalue weighted by Crippen LogP contribution is 2.36. The van der Waals surface area contributed by atoms with Crippen LogP contribution in [0.1, 0.15) is 39.7 Å². The minimum atomic E-state index is -2.00. The first-order valence-corrected chi connectivity index (χ1v) is 12.9. The third-order valence-electron chi connectivity index (χ3n) is 5.36. The molecule has 0 bridgehead atoms. The fourth-order valence-corrected chi connectivity index (χ4v) is 3.62. The maximum Gasteiger partial charge on any atom is 0.243 e. The summed E-state index contributed by atoms with van der Waals surface area (Å²) < 4.78 is 19.5. The average molecular weight is 440 g/mol. The summed E-state index contributed by atoms with van der Waals surface area (Å²) in [6.07, 6.45) is 0.301. The van der Waals surface area contributed by atoms with Gasteiger partial charge in [0.2, 0.25) is 17.7 Å². The zero-order chi connectivity index (χ0) is 23.1. The van der Waals surface area contributed by atoms with Crippen molar-refractivity contribution in [3.05, 3.63) is 35.6 Å². The Morgan fingerprint density at radius 3 is 2.30 bits per heavy atom. The van der Waals surface area contributed by atoms with E-state index in [9.17, 15) is 18.8 Å². The Morgan fingerprint density at radius 2 is 1.80 bits per heavy atom. The summed E-state index contributed by atoms with van der Waals surface area (Å²) in [4.78, 5) is 36.1. The smallest absolute Gasteiger partial charge is 0.243 e. The molecule has 0 aromatic heterocycles. The Kier molecular flexibility index (Phi) is 9.17. The van der Waals surface area contributed by atoms with Gasteiger partial charge in [-0.3, -0.25) is 14.4 Å². The van der Waals surface area contributed by atoms with Crippen LogP contribution in [0.4, 0.5) is 4.39 Å². The van der Waals surface area contributed by atoms with Crippen molar-refractivity contribution in [2.75, 3.05) is 6.61 Å². The van der Waals surface area contributed by atoms with Crippen molar-refractivity contribution in [1.29, 1.82) is 0 Å². The van der Waals surface area contributed by atoms with E-state index in [1.165, 1.54) is 25.1 Å². The molecule has 168 valence electrons. The third kappa shape index (κ3) is 8.23. The van der Waals surface area contributed by atoms with Crippen molar-refractivity contribution in [3.63, 3.8) is 0 Å². The van der Waals surface area contributed by atoms with Crippen LogP contribution >= 0.6 is 0 Å². The minimum Gasteiger partial charge on any atom is -0.417 e. The van der Waals surface area contributed by atoms with Crippen LogP contribution < -0.4 is 16.4 Å². The van der Waals surface area contributed by atoms with Gasteiger partial charge in [0.15, 0.2) is 8.32 Å². The Hall–Kier alpha value is -2.26. The summed E-state index contributed by atoms with van der Waals surface area (Å²) in [6.45, 7) is 12.1. The predicted molar refractivity (Wildman–Crippen MR) is 117 cm³/mol. The van der Waals surface area contributed by atoms with Crippen LogP contribution in [-0.4, -0.2) is 44.7 Å². The number of carbonyl (C=O) groups excluding carboxylic acids is 3. The monoisotopic (exact) mass is 439 g/mol. The molecule has 1 rings (SSSR count). The first kappa shape index (κ1) is 25.8. The Labute approximate surface area is 179 Å². The van der Waals surface area contributed by atoms with Crippen molar-refractivity contribution in [2.45, 2.75) is 70.8 Å². The number of hydrogen-bond donors (Lipinski definition) is 3. The molecule has 4 N–H and O–H groups in total. The molecule has 0 heterocycles. The molecule has 0 aliphatic rings. The number of nitrogens with two attached hydrogens (primary N) is 1. The molecule has 3 amide bonds. The van der Waals surface area contributed by atoms with Crippen LogP contribution in [0.5, 0.6) is 0 Å². The predicted octanol–water partition coefficient (Wildman–Crippen LogP) is 2.25. The molecular weight excluding hydrogens is 405 g/mol. The van der Waals surface area contributed by atoms with Crippen molar-refractivity contribution in [3.8, 4) is 0 Å². The maximum atomic E-state index is 13.5. The number of halogens is 1. The fraction of sp³-hybridized carbons (Fsp3) is 0.571. The number of amides is 3. The normalized spacial score (nSPS) is 14.0. The van der Waals surface area contributed by atoms with Crippen LogP contribution in [0, 0.1) is 5.82 Å². The lowest BCUT2D eigenvalue weighted by Gasteiger charge is -2.36. The van der Waals surface area contributed by atoms with E-state index in [2.05, 4.69) is 44.5 Å². The molecule has 30 heavy (non-hydrogen) atoms. The Bertz CT molecular complexity index is 765. The van der Waals surface area contributed by atoms with Crippen molar-refractivity contribution in [2.24, 2.45) is 5.73 Å². The van der Waals surface area contributed by atoms with Crippen LogP contribution in [0.2, 0.25) is 18.1 Å². The summed E-state index contributed by atoms with van der Waals surface area (Å²) in [7, 11) is -2.00. The standard InChI is InChI=1S/C21H34FN3O4Si/c1-14(26)24-18(13-15-8-7-9-16(22)12-15)20(28)25-17(19(23)27)10-11-29-30(5,6)21(2,3)4/h7-9,12,17-18H,10-11,13H2,1-6H3,(H2,23,27)(H,24,26)(H,25,28)/t17-,18-/m0/s1. The van der Waals surface area contributed by atoms with Crippen LogP contribution in [-0.2, 0) is 25.2 Å². The number of nitrogens with one attached hydrogen (secondary N) is 2. The number of rotatable bonds is 10. The third-order valence-corrected chi connectivity index (χ3v) is 9.90. The van der Waals surface area contributed by atoms with E-state index in [0.29, 0.717) is 5.56 Å². The second-order valence-corrected chi connectivity index (χ2v) is 13.8. The molecule has 0 spiro atoms. The van der Waals surface area contributed by atoms with E-state index in [0.717, 1.165) is 0 Å². The molecule has 0 aliphatic carbocycles. The number of primary amides is 1. The largest absolute Gasteiger partial charge is 0.417 e. The SMILES string of the molecule is CC(=O)N[C@@H](Cc1cccc(F)c1)C(=O)N[C@@H](CCO[Si](C)(C)C(C)(C)C)C(N)=O. The number of carbonyl (C=O) groups is 3. The Morgan fingerprint density at radius 1 is 1.17 bits per heavy atom.